The Balaban J connectivity index is 2.14. The Morgan fingerprint density at radius 1 is 1.63 bits per heavy atom. The molecule has 4 nitrogen and oxygen atoms in total. The molecular formula is C15H23N3O. The van der Waals surface area contributed by atoms with Crippen LogP contribution in [0.15, 0.2) is 24.5 Å². The summed E-state index contributed by atoms with van der Waals surface area (Å²) < 4.78 is 0. The fourth-order valence-corrected chi connectivity index (χ4v) is 2.68. The van der Waals surface area contributed by atoms with Gasteiger partial charge >= 0.3 is 0 Å². The minimum absolute atomic E-state index is 0.113. The lowest BCUT2D eigenvalue weighted by Crippen LogP contribution is -2.50. The summed E-state index contributed by atoms with van der Waals surface area (Å²) in [5.74, 6) is 0.388. The van der Waals surface area contributed by atoms with Gasteiger partial charge in [0.1, 0.15) is 0 Å². The summed E-state index contributed by atoms with van der Waals surface area (Å²) >= 11 is 0. The third-order valence-corrected chi connectivity index (χ3v) is 3.74. The average molecular weight is 261 g/mol. The maximum Gasteiger partial charge on any atom is 0.226 e. The summed E-state index contributed by atoms with van der Waals surface area (Å²) in [6.45, 7) is 6.64. The Morgan fingerprint density at radius 2 is 2.47 bits per heavy atom. The molecule has 0 saturated carbocycles. The molecular weight excluding hydrogens is 238 g/mol. The van der Waals surface area contributed by atoms with Gasteiger partial charge in [-0.25, -0.2) is 0 Å². The van der Waals surface area contributed by atoms with Crippen LogP contribution in [-0.2, 0) is 4.79 Å². The van der Waals surface area contributed by atoms with Crippen LogP contribution in [0.3, 0.4) is 0 Å². The van der Waals surface area contributed by atoms with E-state index in [0.717, 1.165) is 38.0 Å². The topological polar surface area (TPSA) is 45.2 Å². The lowest BCUT2D eigenvalue weighted by atomic mass is 10.00. The second-order valence-electron chi connectivity index (χ2n) is 5.23. The van der Waals surface area contributed by atoms with E-state index in [4.69, 9.17) is 0 Å². The molecule has 0 aliphatic carbocycles. The molecule has 2 unspecified atom stereocenters. The normalized spacial score (nSPS) is 21.2. The van der Waals surface area contributed by atoms with Crippen molar-refractivity contribution in [2.24, 2.45) is 5.92 Å². The first-order valence-electron chi connectivity index (χ1n) is 7.15. The van der Waals surface area contributed by atoms with Gasteiger partial charge in [0.2, 0.25) is 5.91 Å². The Labute approximate surface area is 115 Å². The van der Waals surface area contributed by atoms with E-state index in [1.165, 1.54) is 0 Å². The molecule has 1 saturated heterocycles. The van der Waals surface area contributed by atoms with Crippen molar-refractivity contribution in [2.75, 3.05) is 19.6 Å². The largest absolute Gasteiger partial charge is 0.333 e. The molecule has 4 heteroatoms. The molecule has 1 aliphatic rings. The summed E-state index contributed by atoms with van der Waals surface area (Å²) in [5.41, 5.74) is 1.12. The Hall–Kier alpha value is -1.42. The van der Waals surface area contributed by atoms with Crippen molar-refractivity contribution in [1.29, 1.82) is 0 Å². The number of hydrogen-bond acceptors (Lipinski definition) is 3. The van der Waals surface area contributed by atoms with Gasteiger partial charge in [-0.15, -0.1) is 0 Å². The molecule has 1 aromatic rings. The van der Waals surface area contributed by atoms with Gasteiger partial charge in [0.25, 0.3) is 0 Å². The SMILES string of the molecule is CCCC(C)C(=O)N1CCNCC1c1cccnc1. The number of carbonyl (C=O) groups excluding carboxylic acids is 1. The molecule has 1 fully saturated rings. The van der Waals surface area contributed by atoms with Crippen LogP contribution in [0, 0.1) is 5.92 Å². The van der Waals surface area contributed by atoms with Crippen molar-refractivity contribution in [3.8, 4) is 0 Å². The fourth-order valence-electron chi connectivity index (χ4n) is 2.68. The van der Waals surface area contributed by atoms with Crippen molar-refractivity contribution in [2.45, 2.75) is 32.7 Å². The van der Waals surface area contributed by atoms with Gasteiger partial charge in [0.15, 0.2) is 0 Å². The molecule has 104 valence electrons. The minimum atomic E-state index is 0.113. The number of aromatic nitrogens is 1. The number of nitrogens with zero attached hydrogens (tertiary/aromatic N) is 2. The average Bonchev–Trinajstić information content (AvgIpc) is 2.47. The van der Waals surface area contributed by atoms with Crippen LogP contribution in [0.4, 0.5) is 0 Å². The Bertz CT molecular complexity index is 407. The van der Waals surface area contributed by atoms with E-state index >= 15 is 0 Å². The molecule has 2 atom stereocenters. The first-order chi connectivity index (χ1) is 9.24. The number of carbonyl (C=O) groups is 1. The molecule has 19 heavy (non-hydrogen) atoms. The van der Waals surface area contributed by atoms with Crippen LogP contribution in [0.2, 0.25) is 0 Å². The van der Waals surface area contributed by atoms with E-state index in [9.17, 15) is 4.79 Å². The Kier molecular flexibility index (Phi) is 4.91. The zero-order chi connectivity index (χ0) is 13.7. The molecule has 0 bridgehead atoms. The summed E-state index contributed by atoms with van der Waals surface area (Å²) in [5, 5.41) is 3.37. The first kappa shape index (κ1) is 14.0. The smallest absolute Gasteiger partial charge is 0.226 e. The number of nitrogens with one attached hydrogen (secondary N) is 1. The molecule has 0 aromatic carbocycles. The number of piperazine rings is 1. The van der Waals surface area contributed by atoms with Crippen LogP contribution < -0.4 is 5.32 Å². The Morgan fingerprint density at radius 3 is 3.16 bits per heavy atom. The van der Waals surface area contributed by atoms with E-state index in [-0.39, 0.29) is 17.9 Å². The van der Waals surface area contributed by atoms with Crippen LogP contribution in [0.5, 0.6) is 0 Å². The number of pyridine rings is 1. The molecule has 0 radical (unpaired) electrons. The second kappa shape index (κ2) is 6.66. The van der Waals surface area contributed by atoms with Gasteiger partial charge in [-0.2, -0.15) is 0 Å². The molecule has 1 aromatic heterocycles. The minimum Gasteiger partial charge on any atom is -0.333 e. The van der Waals surface area contributed by atoms with E-state index in [2.05, 4.69) is 23.3 Å². The zero-order valence-electron chi connectivity index (χ0n) is 11.8. The molecule has 1 aliphatic heterocycles. The third kappa shape index (κ3) is 3.32. The number of rotatable bonds is 4. The van der Waals surface area contributed by atoms with Crippen molar-refractivity contribution >= 4 is 5.91 Å². The summed E-state index contributed by atoms with van der Waals surface area (Å²) in [6.07, 6.45) is 5.65. The molecule has 1 N–H and O–H groups in total. The number of hydrogen-bond donors (Lipinski definition) is 1. The van der Waals surface area contributed by atoms with E-state index in [0.29, 0.717) is 0 Å². The van der Waals surface area contributed by atoms with Crippen molar-refractivity contribution in [3.63, 3.8) is 0 Å². The van der Waals surface area contributed by atoms with Gasteiger partial charge < -0.3 is 10.2 Å². The predicted octanol–water partition coefficient (Wildman–Crippen LogP) is 1.99. The summed E-state index contributed by atoms with van der Waals surface area (Å²) in [7, 11) is 0. The van der Waals surface area contributed by atoms with Crippen molar-refractivity contribution < 1.29 is 4.79 Å². The highest BCUT2D eigenvalue weighted by molar-refractivity contribution is 5.79. The van der Waals surface area contributed by atoms with Crippen molar-refractivity contribution in [3.05, 3.63) is 30.1 Å². The summed E-state index contributed by atoms with van der Waals surface area (Å²) in [6, 6.07) is 4.10. The lowest BCUT2D eigenvalue weighted by molar-refractivity contribution is -0.138. The van der Waals surface area contributed by atoms with Gasteiger partial charge in [-0.05, 0) is 18.1 Å². The highest BCUT2D eigenvalue weighted by Crippen LogP contribution is 2.24. The highest BCUT2D eigenvalue weighted by atomic mass is 16.2. The van der Waals surface area contributed by atoms with E-state index < -0.39 is 0 Å². The lowest BCUT2D eigenvalue weighted by Gasteiger charge is -2.38. The predicted molar refractivity (Wildman–Crippen MR) is 75.6 cm³/mol. The van der Waals surface area contributed by atoms with E-state index in [1.54, 1.807) is 6.20 Å². The molecule has 0 spiro atoms. The second-order valence-corrected chi connectivity index (χ2v) is 5.23. The third-order valence-electron chi connectivity index (χ3n) is 3.74. The highest BCUT2D eigenvalue weighted by Gasteiger charge is 2.30. The maximum atomic E-state index is 12.5. The van der Waals surface area contributed by atoms with Gasteiger partial charge in [0.05, 0.1) is 6.04 Å². The monoisotopic (exact) mass is 261 g/mol. The van der Waals surface area contributed by atoms with Crippen LogP contribution in [0.1, 0.15) is 38.3 Å². The standard InChI is InChI=1S/C15H23N3O/c1-3-5-12(2)15(19)18-9-8-17-11-14(18)13-6-4-7-16-10-13/h4,6-7,10,12,14,17H,3,5,8-9,11H2,1-2H3. The van der Waals surface area contributed by atoms with Gasteiger partial charge in [-0.1, -0.05) is 26.3 Å². The van der Waals surface area contributed by atoms with Gasteiger partial charge in [0, 0.05) is 37.9 Å². The number of amides is 1. The first-order valence-corrected chi connectivity index (χ1v) is 7.15. The maximum absolute atomic E-state index is 12.5. The van der Waals surface area contributed by atoms with Crippen LogP contribution in [0.25, 0.3) is 0 Å². The zero-order valence-corrected chi connectivity index (χ0v) is 11.8. The molecule has 2 rings (SSSR count). The van der Waals surface area contributed by atoms with Crippen molar-refractivity contribution in [1.82, 2.24) is 15.2 Å². The van der Waals surface area contributed by atoms with E-state index in [1.807, 2.05) is 24.1 Å². The van der Waals surface area contributed by atoms with Crippen LogP contribution in [-0.4, -0.2) is 35.4 Å². The van der Waals surface area contributed by atoms with Gasteiger partial charge in [-0.3, -0.25) is 9.78 Å². The quantitative estimate of drug-likeness (QED) is 0.901. The molecule has 2 heterocycles. The van der Waals surface area contributed by atoms with Crippen LogP contribution >= 0.6 is 0 Å². The molecule has 1 amide bonds. The fraction of sp³-hybridized carbons (Fsp3) is 0.600. The summed E-state index contributed by atoms with van der Waals surface area (Å²) in [4.78, 5) is 18.7.